The molecular weight excluding hydrogens is 334 g/mol. The van der Waals surface area contributed by atoms with E-state index < -0.39 is 18.4 Å². The summed E-state index contributed by atoms with van der Waals surface area (Å²) in [6, 6.07) is 1.25. The minimum Gasteiger partial charge on any atom is -0.451 e. The molecule has 2 aliphatic heterocycles. The van der Waals surface area contributed by atoms with Crippen LogP contribution in [0.5, 0.6) is 5.75 Å². The molecule has 2 unspecified atom stereocenters. The summed E-state index contributed by atoms with van der Waals surface area (Å²) in [7, 11) is 1.15. The van der Waals surface area contributed by atoms with Crippen molar-refractivity contribution in [3.63, 3.8) is 0 Å². The van der Waals surface area contributed by atoms with Crippen LogP contribution in [0.25, 0.3) is 0 Å². The van der Waals surface area contributed by atoms with Crippen molar-refractivity contribution in [2.75, 3.05) is 25.9 Å². The van der Waals surface area contributed by atoms with Gasteiger partial charge in [0.05, 0.1) is 19.3 Å². The lowest BCUT2D eigenvalue weighted by atomic mass is 10.1. The van der Waals surface area contributed by atoms with Crippen LogP contribution in [0.2, 0.25) is 0 Å². The van der Waals surface area contributed by atoms with E-state index in [1.807, 2.05) is 13.8 Å². The zero-order chi connectivity index (χ0) is 18.1. The fourth-order valence-corrected chi connectivity index (χ4v) is 2.95. The molecule has 1 N–H and O–H groups in total. The fraction of sp³-hybridized carbons (Fsp3) is 0.533. The first-order valence-electron chi connectivity index (χ1n) is 7.74. The number of carbonyl (C=O) groups excluding carboxylic acids is 2. The van der Waals surface area contributed by atoms with Gasteiger partial charge < -0.3 is 29.3 Å². The molecule has 0 saturated carbocycles. The maximum atomic E-state index is 12.9. The van der Waals surface area contributed by atoms with E-state index in [1.54, 1.807) is 4.90 Å². The van der Waals surface area contributed by atoms with Crippen molar-refractivity contribution in [2.45, 2.75) is 32.2 Å². The zero-order valence-electron chi connectivity index (χ0n) is 14.1. The molecule has 10 nitrogen and oxygen atoms in total. The number of hydrogen-bond acceptors (Lipinski definition) is 8. The van der Waals surface area contributed by atoms with Crippen molar-refractivity contribution in [1.82, 2.24) is 9.58 Å². The van der Waals surface area contributed by atoms with Crippen LogP contribution >= 0.6 is 0 Å². The van der Waals surface area contributed by atoms with E-state index in [9.17, 15) is 14.4 Å². The number of pyridine rings is 1. The predicted molar refractivity (Wildman–Crippen MR) is 83.9 cm³/mol. The molecule has 1 aromatic rings. The SMILES string of the molecule is COC(=O)OCOc1c2n(ccc1=O)NC1C(C)O[C@@H](C)CN1C2=O. The molecule has 0 radical (unpaired) electrons. The van der Waals surface area contributed by atoms with Crippen molar-refractivity contribution in [1.29, 1.82) is 0 Å². The Morgan fingerprint density at radius 1 is 1.40 bits per heavy atom. The molecule has 136 valence electrons. The summed E-state index contributed by atoms with van der Waals surface area (Å²) in [4.78, 5) is 37.7. The highest BCUT2D eigenvalue weighted by Crippen LogP contribution is 2.26. The third-order valence-electron chi connectivity index (χ3n) is 4.02. The van der Waals surface area contributed by atoms with Crippen molar-refractivity contribution >= 4 is 12.1 Å². The minimum absolute atomic E-state index is 0.0403. The van der Waals surface area contributed by atoms with Crippen LogP contribution in [0.3, 0.4) is 0 Å². The maximum absolute atomic E-state index is 12.9. The predicted octanol–water partition coefficient (Wildman–Crippen LogP) is 0.100. The molecule has 0 aliphatic carbocycles. The molecular formula is C15H19N3O7. The van der Waals surface area contributed by atoms with Gasteiger partial charge in [0, 0.05) is 18.8 Å². The molecule has 3 heterocycles. The number of nitrogens with one attached hydrogen (secondary N) is 1. The second-order valence-corrected chi connectivity index (χ2v) is 5.77. The number of aromatic nitrogens is 1. The van der Waals surface area contributed by atoms with Gasteiger partial charge in [-0.1, -0.05) is 0 Å². The number of rotatable bonds is 3. The number of fused-ring (bicyclic) bond motifs is 2. The second kappa shape index (κ2) is 6.63. The Bertz CT molecular complexity index is 747. The monoisotopic (exact) mass is 353 g/mol. The quantitative estimate of drug-likeness (QED) is 0.602. The summed E-state index contributed by atoms with van der Waals surface area (Å²) in [5, 5.41) is 0. The van der Waals surface area contributed by atoms with E-state index in [4.69, 9.17) is 9.47 Å². The first kappa shape index (κ1) is 17.1. The Morgan fingerprint density at radius 2 is 2.16 bits per heavy atom. The number of methoxy groups -OCH3 is 1. The average Bonchev–Trinajstić information content (AvgIpc) is 2.58. The minimum atomic E-state index is -0.953. The lowest BCUT2D eigenvalue weighted by molar-refractivity contribution is -0.0904. The lowest BCUT2D eigenvalue weighted by Gasteiger charge is -2.46. The van der Waals surface area contributed by atoms with E-state index >= 15 is 0 Å². The van der Waals surface area contributed by atoms with Crippen LogP contribution in [0.1, 0.15) is 24.3 Å². The third-order valence-corrected chi connectivity index (χ3v) is 4.02. The van der Waals surface area contributed by atoms with Crippen molar-refractivity contribution in [3.05, 3.63) is 28.2 Å². The van der Waals surface area contributed by atoms with Crippen LogP contribution < -0.4 is 15.6 Å². The Kier molecular flexibility index (Phi) is 4.53. The molecule has 3 rings (SSSR count). The van der Waals surface area contributed by atoms with Gasteiger partial charge in [0.2, 0.25) is 18.0 Å². The van der Waals surface area contributed by atoms with Crippen LogP contribution in [-0.4, -0.2) is 60.5 Å². The number of morpholine rings is 1. The molecule has 10 heteroatoms. The number of carbonyl (C=O) groups is 2. The highest BCUT2D eigenvalue weighted by Gasteiger charge is 2.42. The van der Waals surface area contributed by atoms with Crippen molar-refractivity contribution in [3.8, 4) is 5.75 Å². The standard InChI is InChI=1S/C15H19N3O7/c1-8-6-17-13(9(2)25-8)16-18-5-4-10(19)12(11(18)14(17)20)23-7-24-15(21)22-3/h4-5,8-9,13,16H,6-7H2,1-3H3/t8-,9?,13?/m0/s1. The van der Waals surface area contributed by atoms with Gasteiger partial charge in [-0.25, -0.2) is 4.79 Å². The number of amides is 1. The molecule has 1 amide bonds. The molecule has 25 heavy (non-hydrogen) atoms. The van der Waals surface area contributed by atoms with E-state index in [-0.39, 0.29) is 35.7 Å². The Morgan fingerprint density at radius 3 is 2.88 bits per heavy atom. The molecule has 1 saturated heterocycles. The highest BCUT2D eigenvalue weighted by atomic mass is 16.8. The molecule has 1 aromatic heterocycles. The van der Waals surface area contributed by atoms with Gasteiger partial charge in [-0.15, -0.1) is 0 Å². The maximum Gasteiger partial charge on any atom is 0.510 e. The molecule has 0 spiro atoms. The second-order valence-electron chi connectivity index (χ2n) is 5.77. The third kappa shape index (κ3) is 3.12. The van der Waals surface area contributed by atoms with E-state index in [0.29, 0.717) is 6.54 Å². The molecule has 0 bridgehead atoms. The van der Waals surface area contributed by atoms with Crippen LogP contribution in [0.15, 0.2) is 17.1 Å². The van der Waals surface area contributed by atoms with Crippen LogP contribution in [-0.2, 0) is 14.2 Å². The Balaban J connectivity index is 1.91. The molecule has 3 atom stereocenters. The zero-order valence-corrected chi connectivity index (χ0v) is 14.1. The van der Waals surface area contributed by atoms with Crippen molar-refractivity contribution in [2.24, 2.45) is 0 Å². The average molecular weight is 353 g/mol. The Hall–Kier alpha value is -2.75. The number of ether oxygens (including phenoxy) is 4. The first-order chi connectivity index (χ1) is 11.9. The summed E-state index contributed by atoms with van der Waals surface area (Å²) in [6.45, 7) is 3.56. The van der Waals surface area contributed by atoms with E-state index in [2.05, 4.69) is 14.9 Å². The molecule has 1 fully saturated rings. The van der Waals surface area contributed by atoms with Crippen LogP contribution in [0, 0.1) is 0 Å². The summed E-state index contributed by atoms with van der Waals surface area (Å²) < 4.78 is 21.3. The van der Waals surface area contributed by atoms with Crippen LogP contribution in [0.4, 0.5) is 4.79 Å². The normalized spacial score (nSPS) is 24.7. The molecule has 2 aliphatic rings. The van der Waals surface area contributed by atoms with Gasteiger partial charge in [0.25, 0.3) is 5.91 Å². The number of hydrogen-bond donors (Lipinski definition) is 1. The fourth-order valence-electron chi connectivity index (χ4n) is 2.95. The smallest absolute Gasteiger partial charge is 0.451 e. The Labute approximate surface area is 143 Å². The van der Waals surface area contributed by atoms with Gasteiger partial charge in [-0.05, 0) is 13.8 Å². The highest BCUT2D eigenvalue weighted by molar-refractivity contribution is 5.96. The summed E-state index contributed by atoms with van der Waals surface area (Å²) in [6.07, 6.45) is -0.229. The van der Waals surface area contributed by atoms with Gasteiger partial charge in [0.15, 0.2) is 5.69 Å². The van der Waals surface area contributed by atoms with E-state index in [1.165, 1.54) is 16.9 Å². The topological polar surface area (TPSA) is 108 Å². The van der Waals surface area contributed by atoms with Gasteiger partial charge in [-0.3, -0.25) is 14.3 Å². The largest absolute Gasteiger partial charge is 0.510 e. The van der Waals surface area contributed by atoms with Gasteiger partial charge in [0.1, 0.15) is 6.17 Å². The van der Waals surface area contributed by atoms with Gasteiger partial charge in [-0.2, -0.15) is 0 Å². The summed E-state index contributed by atoms with van der Waals surface area (Å²) >= 11 is 0. The number of nitrogens with zero attached hydrogens (tertiary/aromatic N) is 2. The molecule has 0 aromatic carbocycles. The van der Waals surface area contributed by atoms with E-state index in [0.717, 1.165) is 7.11 Å². The van der Waals surface area contributed by atoms with Gasteiger partial charge >= 0.3 is 6.16 Å². The first-order valence-corrected chi connectivity index (χ1v) is 7.74. The lowest BCUT2D eigenvalue weighted by Crippen LogP contribution is -2.64. The van der Waals surface area contributed by atoms with Crippen molar-refractivity contribution < 1.29 is 28.5 Å². The summed E-state index contributed by atoms with van der Waals surface area (Å²) in [5.74, 6) is -0.564. The summed E-state index contributed by atoms with van der Waals surface area (Å²) in [5.41, 5.74) is 2.67.